The van der Waals surface area contributed by atoms with Crippen LogP contribution in [0.25, 0.3) is 0 Å². The molecule has 1 aliphatic heterocycles. The van der Waals surface area contributed by atoms with Gasteiger partial charge >= 0.3 is 0 Å². The first kappa shape index (κ1) is 17.4. The molecule has 132 valence electrons. The lowest BCUT2D eigenvalue weighted by Crippen LogP contribution is -2.32. The van der Waals surface area contributed by atoms with Crippen molar-refractivity contribution < 1.29 is 4.79 Å². The van der Waals surface area contributed by atoms with E-state index < -0.39 is 0 Å². The summed E-state index contributed by atoms with van der Waals surface area (Å²) < 4.78 is 0. The number of para-hydroxylation sites is 1. The third kappa shape index (κ3) is 3.79. The van der Waals surface area contributed by atoms with Crippen LogP contribution in [0.4, 0.5) is 11.5 Å². The predicted molar refractivity (Wildman–Crippen MR) is 99.4 cm³/mol. The molecule has 1 amide bonds. The lowest BCUT2D eigenvalue weighted by atomic mass is 10.1. The van der Waals surface area contributed by atoms with E-state index in [1.165, 1.54) is 5.56 Å². The molecule has 0 fully saturated rings. The summed E-state index contributed by atoms with van der Waals surface area (Å²) in [6, 6.07) is 10.4. The summed E-state index contributed by atoms with van der Waals surface area (Å²) in [5.74, 6) is 1.23. The van der Waals surface area contributed by atoms with E-state index in [0.29, 0.717) is 24.1 Å². The van der Waals surface area contributed by atoms with Crippen molar-refractivity contribution in [1.82, 2.24) is 20.2 Å². The van der Waals surface area contributed by atoms with E-state index in [4.69, 9.17) is 0 Å². The molecule has 0 radical (unpaired) electrons. The maximum Gasteiger partial charge on any atom is 0.270 e. The Bertz CT molecular complexity index is 774. The highest BCUT2D eigenvalue weighted by atomic mass is 16.1. The van der Waals surface area contributed by atoms with Crippen LogP contribution in [0.3, 0.4) is 0 Å². The number of rotatable bonds is 5. The molecule has 1 atom stereocenters. The van der Waals surface area contributed by atoms with Crippen molar-refractivity contribution in [3.05, 3.63) is 47.4 Å². The van der Waals surface area contributed by atoms with Crippen LogP contribution in [0.1, 0.15) is 28.8 Å². The van der Waals surface area contributed by atoms with E-state index in [0.717, 1.165) is 24.5 Å². The second kappa shape index (κ2) is 7.19. The van der Waals surface area contributed by atoms with E-state index in [1.807, 2.05) is 32.0 Å². The number of nitrogens with zero attached hydrogens (tertiary/aromatic N) is 4. The molecule has 3 rings (SSSR count). The number of fused-ring (bicyclic) bond motifs is 1. The second-order valence-corrected chi connectivity index (χ2v) is 6.77. The van der Waals surface area contributed by atoms with Gasteiger partial charge in [-0.3, -0.25) is 4.79 Å². The minimum Gasteiger partial charge on any atom is -0.349 e. The highest BCUT2D eigenvalue weighted by Gasteiger charge is 2.28. The monoisotopic (exact) mass is 339 g/mol. The zero-order valence-corrected chi connectivity index (χ0v) is 15.3. The van der Waals surface area contributed by atoms with Crippen LogP contribution < -0.4 is 10.2 Å². The zero-order valence-electron chi connectivity index (χ0n) is 15.3. The molecule has 25 heavy (non-hydrogen) atoms. The summed E-state index contributed by atoms with van der Waals surface area (Å²) in [7, 11) is 3.95. The number of aromatic nitrogens is 2. The first-order valence-electron chi connectivity index (χ1n) is 8.61. The third-order valence-electron chi connectivity index (χ3n) is 4.36. The standard InChI is InChI=1S/C19H25N5O/c1-13-11-15-7-5-6-8-17(15)24(13)18-12-16(21-14(2)22-18)19(25)20-9-10-23(3)4/h5-8,12-13H,9-11H2,1-4H3,(H,20,25). The molecular formula is C19H25N5O. The number of carbonyl (C=O) groups is 1. The van der Waals surface area contributed by atoms with E-state index in [9.17, 15) is 4.79 Å². The number of hydrogen-bond donors (Lipinski definition) is 1. The Balaban J connectivity index is 1.86. The Morgan fingerprint density at radius 2 is 2.08 bits per heavy atom. The number of hydrogen-bond acceptors (Lipinski definition) is 5. The largest absolute Gasteiger partial charge is 0.349 e. The van der Waals surface area contributed by atoms with Gasteiger partial charge in [0.25, 0.3) is 5.91 Å². The Morgan fingerprint density at radius 3 is 2.84 bits per heavy atom. The molecule has 0 spiro atoms. The van der Waals surface area contributed by atoms with Crippen molar-refractivity contribution in [2.45, 2.75) is 26.3 Å². The molecule has 0 aliphatic carbocycles. The fourth-order valence-electron chi connectivity index (χ4n) is 3.19. The quantitative estimate of drug-likeness (QED) is 0.904. The van der Waals surface area contributed by atoms with Gasteiger partial charge in [-0.1, -0.05) is 18.2 Å². The van der Waals surface area contributed by atoms with Crippen LogP contribution in [0.5, 0.6) is 0 Å². The molecule has 0 bridgehead atoms. The molecule has 1 aliphatic rings. The summed E-state index contributed by atoms with van der Waals surface area (Å²) in [5, 5.41) is 2.92. The molecule has 6 nitrogen and oxygen atoms in total. The van der Waals surface area contributed by atoms with E-state index in [2.05, 4.69) is 45.3 Å². The minimum absolute atomic E-state index is 0.159. The van der Waals surface area contributed by atoms with Gasteiger partial charge in [0.2, 0.25) is 0 Å². The number of likely N-dealkylation sites (N-methyl/N-ethyl adjacent to an activating group) is 1. The minimum atomic E-state index is -0.159. The van der Waals surface area contributed by atoms with Crippen LogP contribution in [-0.4, -0.2) is 54.0 Å². The van der Waals surface area contributed by atoms with E-state index in [-0.39, 0.29) is 5.91 Å². The topological polar surface area (TPSA) is 61.4 Å². The van der Waals surface area contributed by atoms with Crippen molar-refractivity contribution in [3.63, 3.8) is 0 Å². The highest BCUT2D eigenvalue weighted by Crippen LogP contribution is 2.37. The highest BCUT2D eigenvalue weighted by molar-refractivity contribution is 5.93. The van der Waals surface area contributed by atoms with Gasteiger partial charge in [0.1, 0.15) is 17.3 Å². The maximum absolute atomic E-state index is 12.4. The molecule has 1 N–H and O–H groups in total. The Labute approximate surface area is 148 Å². The molecule has 1 unspecified atom stereocenters. The third-order valence-corrected chi connectivity index (χ3v) is 4.36. The average Bonchev–Trinajstić information content (AvgIpc) is 2.89. The van der Waals surface area contributed by atoms with Crippen LogP contribution in [0.15, 0.2) is 30.3 Å². The number of anilines is 2. The summed E-state index contributed by atoms with van der Waals surface area (Å²) in [6.07, 6.45) is 0.976. The first-order chi connectivity index (χ1) is 12.0. The number of aryl methyl sites for hydroxylation is 1. The normalized spacial score (nSPS) is 16.2. The van der Waals surface area contributed by atoms with Crippen LogP contribution in [0, 0.1) is 6.92 Å². The van der Waals surface area contributed by atoms with Gasteiger partial charge in [-0.25, -0.2) is 9.97 Å². The van der Waals surface area contributed by atoms with Crippen molar-refractivity contribution in [2.75, 3.05) is 32.1 Å². The van der Waals surface area contributed by atoms with Crippen molar-refractivity contribution >= 4 is 17.4 Å². The van der Waals surface area contributed by atoms with Gasteiger partial charge < -0.3 is 15.1 Å². The second-order valence-electron chi connectivity index (χ2n) is 6.77. The van der Waals surface area contributed by atoms with Crippen LogP contribution in [0.2, 0.25) is 0 Å². The lowest BCUT2D eigenvalue weighted by Gasteiger charge is -2.24. The van der Waals surface area contributed by atoms with Gasteiger partial charge in [0.05, 0.1) is 0 Å². The van der Waals surface area contributed by atoms with E-state index >= 15 is 0 Å². The molecule has 1 aromatic heterocycles. The molecule has 2 heterocycles. The molecule has 2 aromatic rings. The van der Waals surface area contributed by atoms with Crippen molar-refractivity contribution in [2.24, 2.45) is 0 Å². The summed E-state index contributed by atoms with van der Waals surface area (Å²) in [6.45, 7) is 5.38. The van der Waals surface area contributed by atoms with Crippen molar-refractivity contribution in [3.8, 4) is 0 Å². The first-order valence-corrected chi connectivity index (χ1v) is 8.61. The molecule has 6 heteroatoms. The predicted octanol–water partition coefficient (Wildman–Crippen LogP) is 2.16. The Kier molecular flexibility index (Phi) is 4.99. The Morgan fingerprint density at radius 1 is 1.32 bits per heavy atom. The number of nitrogens with one attached hydrogen (secondary N) is 1. The summed E-state index contributed by atoms with van der Waals surface area (Å²) in [4.78, 5) is 25.6. The smallest absolute Gasteiger partial charge is 0.270 e. The zero-order chi connectivity index (χ0) is 18.0. The summed E-state index contributed by atoms with van der Waals surface area (Å²) >= 11 is 0. The fourth-order valence-corrected chi connectivity index (χ4v) is 3.19. The van der Waals surface area contributed by atoms with E-state index in [1.54, 1.807) is 6.07 Å². The summed E-state index contributed by atoms with van der Waals surface area (Å²) in [5.41, 5.74) is 2.88. The molecule has 1 aromatic carbocycles. The molecule has 0 saturated heterocycles. The number of carbonyl (C=O) groups excluding carboxylic acids is 1. The van der Waals surface area contributed by atoms with Crippen LogP contribution >= 0.6 is 0 Å². The SMILES string of the molecule is Cc1nc(C(=O)NCCN(C)C)cc(N2c3ccccc3CC2C)n1. The maximum atomic E-state index is 12.4. The van der Waals surface area contributed by atoms with Gasteiger partial charge in [-0.2, -0.15) is 0 Å². The number of benzene rings is 1. The van der Waals surface area contributed by atoms with Crippen LogP contribution in [-0.2, 0) is 6.42 Å². The lowest BCUT2D eigenvalue weighted by molar-refractivity contribution is 0.0945. The van der Waals surface area contributed by atoms with Gasteiger partial charge in [-0.05, 0) is 46.0 Å². The van der Waals surface area contributed by atoms with Crippen molar-refractivity contribution in [1.29, 1.82) is 0 Å². The molecule has 0 saturated carbocycles. The van der Waals surface area contributed by atoms with Gasteiger partial charge in [-0.15, -0.1) is 0 Å². The van der Waals surface area contributed by atoms with Gasteiger partial charge in [0.15, 0.2) is 0 Å². The van der Waals surface area contributed by atoms with Gasteiger partial charge in [0, 0.05) is 30.9 Å². The average molecular weight is 339 g/mol. The molecular weight excluding hydrogens is 314 g/mol. The Hall–Kier alpha value is -2.47. The fraction of sp³-hybridized carbons (Fsp3) is 0.421. The number of amides is 1.